The van der Waals surface area contributed by atoms with E-state index in [2.05, 4.69) is 0 Å². The van der Waals surface area contributed by atoms with Crippen LogP contribution in [-0.4, -0.2) is 22.0 Å². The van der Waals surface area contributed by atoms with E-state index in [-0.39, 0.29) is 12.4 Å². The average molecular weight is 269 g/mol. The van der Waals surface area contributed by atoms with Gasteiger partial charge in [0, 0.05) is 11.2 Å². The summed E-state index contributed by atoms with van der Waals surface area (Å²) in [6.07, 6.45) is 1.55. The summed E-state index contributed by atoms with van der Waals surface area (Å²) in [7, 11) is -2.69. The second-order valence-electron chi connectivity index (χ2n) is 5.25. The van der Waals surface area contributed by atoms with Crippen LogP contribution in [0, 0.1) is 4.78 Å². The maximum atomic E-state index is 11.6. The number of carbonyl (C=O) groups is 1. The number of carbonyl (C=O) groups excluding carboxylic acids is 1. The van der Waals surface area contributed by atoms with Gasteiger partial charge in [0.1, 0.15) is 5.60 Å². The first-order chi connectivity index (χ1) is 8.08. The molecule has 0 spiro atoms. The molecule has 100 valence electrons. The molecule has 1 aromatic carbocycles. The maximum absolute atomic E-state index is 11.6. The fourth-order valence-electron chi connectivity index (χ4n) is 1.41. The first-order valence-corrected chi connectivity index (χ1v) is 7.59. The van der Waals surface area contributed by atoms with E-state index < -0.39 is 15.3 Å². The zero-order chi connectivity index (χ0) is 14.0. The van der Waals surface area contributed by atoms with Gasteiger partial charge in [-0.1, -0.05) is 12.1 Å². The van der Waals surface area contributed by atoms with Crippen LogP contribution in [0.3, 0.4) is 0 Å². The van der Waals surface area contributed by atoms with Crippen LogP contribution in [0.2, 0.25) is 0 Å². The van der Waals surface area contributed by atoms with E-state index >= 15 is 0 Å². The predicted molar refractivity (Wildman–Crippen MR) is 71.0 cm³/mol. The van der Waals surface area contributed by atoms with Crippen molar-refractivity contribution >= 4 is 15.7 Å². The lowest BCUT2D eigenvalue weighted by molar-refractivity contribution is -0.153. The number of hydrogen-bond acceptors (Lipinski definition) is 4. The lowest BCUT2D eigenvalue weighted by atomic mass is 10.1. The van der Waals surface area contributed by atoms with Gasteiger partial charge < -0.3 is 4.74 Å². The molecule has 18 heavy (non-hydrogen) atoms. The van der Waals surface area contributed by atoms with Crippen molar-refractivity contribution in [3.63, 3.8) is 0 Å². The quantitative estimate of drug-likeness (QED) is 0.858. The van der Waals surface area contributed by atoms with Crippen LogP contribution < -0.4 is 0 Å². The minimum absolute atomic E-state index is 0.181. The van der Waals surface area contributed by atoms with Crippen molar-refractivity contribution < 1.29 is 13.7 Å². The standard InChI is InChI=1S/C13H19NO3S/c1-13(2,3)17-12(15)9-10-5-7-11(8-6-10)18(4,14)16/h5-8,14H,9H2,1-4H3. The molecule has 1 N–H and O–H groups in total. The SMILES string of the molecule is CC(C)(C)OC(=O)Cc1ccc(S(C)(=N)=O)cc1. The van der Waals surface area contributed by atoms with Crippen LogP contribution in [0.15, 0.2) is 29.2 Å². The Labute approximate surface area is 108 Å². The molecular weight excluding hydrogens is 250 g/mol. The fraction of sp³-hybridized carbons (Fsp3) is 0.462. The number of esters is 1. The Balaban J connectivity index is 2.73. The Hall–Kier alpha value is -1.36. The minimum Gasteiger partial charge on any atom is -0.460 e. The molecule has 1 aromatic rings. The molecule has 0 heterocycles. The highest BCUT2D eigenvalue weighted by molar-refractivity contribution is 7.91. The lowest BCUT2D eigenvalue weighted by Gasteiger charge is -2.19. The smallest absolute Gasteiger partial charge is 0.310 e. The number of benzene rings is 1. The van der Waals surface area contributed by atoms with Crippen LogP contribution in [0.1, 0.15) is 26.3 Å². The third kappa shape index (κ3) is 4.87. The number of rotatable bonds is 3. The van der Waals surface area contributed by atoms with Crippen molar-refractivity contribution in [1.29, 1.82) is 4.78 Å². The topological polar surface area (TPSA) is 67.2 Å². The predicted octanol–water partition coefficient (Wildman–Crippen LogP) is 2.61. The molecule has 0 aliphatic heterocycles. The molecule has 1 unspecified atom stereocenters. The molecule has 0 saturated heterocycles. The van der Waals surface area contributed by atoms with Gasteiger partial charge in [0.05, 0.1) is 16.1 Å². The van der Waals surface area contributed by atoms with Crippen LogP contribution in [0.4, 0.5) is 0 Å². The van der Waals surface area contributed by atoms with Gasteiger partial charge in [-0.2, -0.15) is 0 Å². The van der Waals surface area contributed by atoms with Gasteiger partial charge in [-0.25, -0.2) is 8.99 Å². The molecule has 0 radical (unpaired) electrons. The van der Waals surface area contributed by atoms with E-state index in [1.165, 1.54) is 6.26 Å². The van der Waals surface area contributed by atoms with Crippen molar-refractivity contribution in [2.75, 3.05) is 6.26 Å². The molecule has 1 rings (SSSR count). The zero-order valence-electron chi connectivity index (χ0n) is 11.1. The van der Waals surface area contributed by atoms with Gasteiger partial charge in [-0.05, 0) is 38.5 Å². The summed E-state index contributed by atoms with van der Waals surface area (Å²) in [4.78, 5) is 12.1. The molecule has 0 amide bonds. The Morgan fingerprint density at radius 1 is 1.28 bits per heavy atom. The monoisotopic (exact) mass is 269 g/mol. The molecule has 0 fully saturated rings. The number of hydrogen-bond donors (Lipinski definition) is 1. The summed E-state index contributed by atoms with van der Waals surface area (Å²) in [5.41, 5.74) is 0.298. The Bertz CT molecular complexity index is 524. The van der Waals surface area contributed by atoms with Crippen molar-refractivity contribution in [2.45, 2.75) is 37.7 Å². The van der Waals surface area contributed by atoms with Crippen LogP contribution in [-0.2, 0) is 25.7 Å². The van der Waals surface area contributed by atoms with Gasteiger partial charge in [0.2, 0.25) is 0 Å². The first kappa shape index (κ1) is 14.7. The third-order valence-corrected chi connectivity index (χ3v) is 3.31. The fourth-order valence-corrected chi connectivity index (χ4v) is 2.07. The molecule has 0 aromatic heterocycles. The third-order valence-electron chi connectivity index (χ3n) is 2.14. The van der Waals surface area contributed by atoms with E-state index in [4.69, 9.17) is 9.52 Å². The van der Waals surface area contributed by atoms with Crippen LogP contribution in [0.25, 0.3) is 0 Å². The van der Waals surface area contributed by atoms with E-state index in [1.54, 1.807) is 24.3 Å². The highest BCUT2D eigenvalue weighted by Gasteiger charge is 2.16. The summed E-state index contributed by atoms with van der Waals surface area (Å²) < 4.78 is 24.1. The molecular formula is C13H19NO3S. The van der Waals surface area contributed by atoms with E-state index in [0.717, 1.165) is 5.56 Å². The largest absolute Gasteiger partial charge is 0.460 e. The molecule has 1 atom stereocenters. The summed E-state index contributed by atoms with van der Waals surface area (Å²) in [5, 5.41) is 0. The summed E-state index contributed by atoms with van der Waals surface area (Å²) in [5.74, 6) is -0.293. The maximum Gasteiger partial charge on any atom is 0.310 e. The van der Waals surface area contributed by atoms with E-state index in [0.29, 0.717) is 4.90 Å². The van der Waals surface area contributed by atoms with Gasteiger partial charge in [0.15, 0.2) is 0 Å². The average Bonchev–Trinajstić information content (AvgIpc) is 2.13. The highest BCUT2D eigenvalue weighted by atomic mass is 32.2. The second-order valence-corrected chi connectivity index (χ2v) is 7.41. The Morgan fingerprint density at radius 2 is 1.78 bits per heavy atom. The van der Waals surface area contributed by atoms with E-state index in [1.807, 2.05) is 20.8 Å². The molecule has 5 heteroatoms. The van der Waals surface area contributed by atoms with Crippen LogP contribution >= 0.6 is 0 Å². The second kappa shape index (κ2) is 5.10. The van der Waals surface area contributed by atoms with Gasteiger partial charge >= 0.3 is 5.97 Å². The van der Waals surface area contributed by atoms with Crippen LogP contribution in [0.5, 0.6) is 0 Å². The van der Waals surface area contributed by atoms with Crippen molar-refractivity contribution in [2.24, 2.45) is 0 Å². The normalized spacial score (nSPS) is 14.9. The van der Waals surface area contributed by atoms with Gasteiger partial charge in [-0.15, -0.1) is 0 Å². The summed E-state index contributed by atoms with van der Waals surface area (Å²) in [6, 6.07) is 6.65. The molecule has 0 bridgehead atoms. The first-order valence-electron chi connectivity index (χ1n) is 5.62. The van der Waals surface area contributed by atoms with Crippen molar-refractivity contribution in [3.8, 4) is 0 Å². The summed E-state index contributed by atoms with van der Waals surface area (Å²) in [6.45, 7) is 5.46. The van der Waals surface area contributed by atoms with Gasteiger partial charge in [0.25, 0.3) is 0 Å². The minimum atomic E-state index is -2.69. The summed E-state index contributed by atoms with van der Waals surface area (Å²) >= 11 is 0. The van der Waals surface area contributed by atoms with Crippen molar-refractivity contribution in [1.82, 2.24) is 0 Å². The van der Waals surface area contributed by atoms with Gasteiger partial charge in [-0.3, -0.25) is 4.79 Å². The van der Waals surface area contributed by atoms with E-state index in [9.17, 15) is 9.00 Å². The molecule has 4 nitrogen and oxygen atoms in total. The number of nitrogens with one attached hydrogen (secondary N) is 1. The molecule has 0 aliphatic carbocycles. The Morgan fingerprint density at radius 3 is 2.17 bits per heavy atom. The lowest BCUT2D eigenvalue weighted by Crippen LogP contribution is -2.24. The molecule has 0 aliphatic rings. The number of ether oxygens (including phenoxy) is 1. The molecule has 0 saturated carbocycles. The van der Waals surface area contributed by atoms with Crippen molar-refractivity contribution in [3.05, 3.63) is 29.8 Å². The highest BCUT2D eigenvalue weighted by Crippen LogP contribution is 2.13. The zero-order valence-corrected chi connectivity index (χ0v) is 12.0. The Kier molecular flexibility index (Phi) is 4.16.